The molecule has 142 valence electrons. The van der Waals surface area contributed by atoms with Crippen molar-refractivity contribution in [1.29, 1.82) is 0 Å². The number of carbonyl (C=O) groups excluding carboxylic acids is 1. The van der Waals surface area contributed by atoms with Gasteiger partial charge in [0, 0.05) is 12.2 Å². The van der Waals surface area contributed by atoms with Gasteiger partial charge in [0.2, 0.25) is 5.91 Å². The van der Waals surface area contributed by atoms with Gasteiger partial charge < -0.3 is 20.5 Å². The molecule has 2 aliphatic carbocycles. The van der Waals surface area contributed by atoms with Crippen LogP contribution in [0.4, 0.5) is 5.69 Å². The number of aliphatic hydroxyl groups is 1. The predicted molar refractivity (Wildman–Crippen MR) is 101 cm³/mol. The van der Waals surface area contributed by atoms with Crippen LogP contribution in [-0.4, -0.2) is 36.3 Å². The summed E-state index contributed by atoms with van der Waals surface area (Å²) in [7, 11) is 0. The maximum Gasteiger partial charge on any atom is 0.232 e. The summed E-state index contributed by atoms with van der Waals surface area (Å²) in [6, 6.07) is 7.58. The number of fused-ring (bicyclic) bond motifs is 1. The van der Waals surface area contributed by atoms with Crippen molar-refractivity contribution in [2.75, 3.05) is 18.4 Å². The molecule has 0 bridgehead atoms. The topological polar surface area (TPSA) is 70.6 Å². The van der Waals surface area contributed by atoms with Gasteiger partial charge in [-0.05, 0) is 68.8 Å². The second-order valence-electron chi connectivity index (χ2n) is 8.22. The third-order valence-corrected chi connectivity index (χ3v) is 6.56. The molecule has 3 N–H and O–H groups in total. The molecule has 1 saturated heterocycles. The monoisotopic (exact) mass is 358 g/mol. The average Bonchev–Trinajstić information content (AvgIpc) is 3.10. The normalized spacial score (nSPS) is 34.1. The van der Waals surface area contributed by atoms with Crippen LogP contribution in [0.25, 0.3) is 0 Å². The van der Waals surface area contributed by atoms with Crippen molar-refractivity contribution in [1.82, 2.24) is 5.32 Å². The van der Waals surface area contributed by atoms with E-state index in [0.29, 0.717) is 5.92 Å². The molecule has 3 fully saturated rings. The average molecular weight is 358 g/mol. The number of amides is 1. The van der Waals surface area contributed by atoms with Crippen LogP contribution in [0.15, 0.2) is 24.3 Å². The highest BCUT2D eigenvalue weighted by molar-refractivity contribution is 5.96. The van der Waals surface area contributed by atoms with E-state index >= 15 is 0 Å². The van der Waals surface area contributed by atoms with Crippen molar-refractivity contribution in [2.45, 2.75) is 63.6 Å². The van der Waals surface area contributed by atoms with E-state index in [-0.39, 0.29) is 23.5 Å². The van der Waals surface area contributed by atoms with Gasteiger partial charge in [0.25, 0.3) is 0 Å². The second-order valence-corrected chi connectivity index (χ2v) is 8.22. The molecule has 1 amide bonds. The molecule has 26 heavy (non-hydrogen) atoms. The Kier molecular flexibility index (Phi) is 5.18. The minimum absolute atomic E-state index is 0.115. The lowest BCUT2D eigenvalue weighted by Gasteiger charge is -2.37. The lowest BCUT2D eigenvalue weighted by molar-refractivity contribution is -0.128. The standard InChI is InChI=1S/C21H30N2O3/c24-18-6-1-2-7-19(18)26-17-10-8-16(9-11-17)23-20(25)21-12-4-3-5-15(21)13-22-14-21/h8-11,15,18-19,22,24H,1-7,12-14H2,(H,23,25)/t15-,18?,19?,21+/m0/s1. The molecule has 3 aliphatic rings. The molecule has 0 spiro atoms. The highest BCUT2D eigenvalue weighted by atomic mass is 16.5. The third-order valence-electron chi connectivity index (χ3n) is 6.56. The van der Waals surface area contributed by atoms with Gasteiger partial charge in [-0.25, -0.2) is 0 Å². The SMILES string of the molecule is O=C(Nc1ccc(OC2CCCCC2O)cc1)[C@@]12CCCC[C@H]1CNC2. The van der Waals surface area contributed by atoms with Gasteiger partial charge in [-0.15, -0.1) is 0 Å². The number of carbonyl (C=O) groups is 1. The molecule has 5 heteroatoms. The zero-order valence-corrected chi connectivity index (χ0v) is 15.4. The molecule has 1 aromatic rings. The Balaban J connectivity index is 1.38. The van der Waals surface area contributed by atoms with Crippen molar-refractivity contribution < 1.29 is 14.6 Å². The lowest BCUT2D eigenvalue weighted by Crippen LogP contribution is -2.44. The maximum absolute atomic E-state index is 13.0. The highest BCUT2D eigenvalue weighted by Crippen LogP contribution is 2.44. The van der Waals surface area contributed by atoms with Crippen molar-refractivity contribution in [2.24, 2.45) is 11.3 Å². The smallest absolute Gasteiger partial charge is 0.232 e. The molecule has 2 saturated carbocycles. The number of ether oxygens (including phenoxy) is 1. The van der Waals surface area contributed by atoms with Crippen LogP contribution in [0.3, 0.4) is 0 Å². The molecule has 4 atom stereocenters. The maximum atomic E-state index is 13.0. The van der Waals surface area contributed by atoms with Crippen LogP contribution in [-0.2, 0) is 4.79 Å². The van der Waals surface area contributed by atoms with E-state index in [4.69, 9.17) is 4.74 Å². The molecule has 4 rings (SSSR count). The van der Waals surface area contributed by atoms with Crippen LogP contribution in [0.5, 0.6) is 5.75 Å². The van der Waals surface area contributed by atoms with Gasteiger partial charge in [-0.1, -0.05) is 19.3 Å². The minimum atomic E-state index is -0.375. The first-order chi connectivity index (χ1) is 12.7. The molecular weight excluding hydrogens is 328 g/mol. The van der Waals surface area contributed by atoms with Crippen LogP contribution in [0.2, 0.25) is 0 Å². The molecular formula is C21H30N2O3. The fraction of sp³-hybridized carbons (Fsp3) is 0.667. The van der Waals surface area contributed by atoms with Gasteiger partial charge in [-0.2, -0.15) is 0 Å². The fourth-order valence-electron chi connectivity index (χ4n) is 4.95. The van der Waals surface area contributed by atoms with Crippen molar-refractivity contribution in [3.8, 4) is 5.75 Å². The van der Waals surface area contributed by atoms with Crippen LogP contribution in [0.1, 0.15) is 51.4 Å². The van der Waals surface area contributed by atoms with E-state index in [1.165, 1.54) is 6.42 Å². The van der Waals surface area contributed by atoms with E-state index in [0.717, 1.165) is 69.5 Å². The van der Waals surface area contributed by atoms with E-state index in [9.17, 15) is 9.90 Å². The summed E-state index contributed by atoms with van der Waals surface area (Å²) in [5.74, 6) is 1.38. The largest absolute Gasteiger partial charge is 0.488 e. The van der Waals surface area contributed by atoms with E-state index in [1.807, 2.05) is 24.3 Å². The molecule has 1 aromatic carbocycles. The summed E-state index contributed by atoms with van der Waals surface area (Å²) in [6.45, 7) is 1.76. The van der Waals surface area contributed by atoms with E-state index in [2.05, 4.69) is 10.6 Å². The van der Waals surface area contributed by atoms with Gasteiger partial charge in [0.05, 0.1) is 11.5 Å². The number of aliphatic hydroxyl groups excluding tert-OH is 1. The number of nitrogens with one attached hydrogen (secondary N) is 2. The fourth-order valence-corrected chi connectivity index (χ4v) is 4.95. The highest BCUT2D eigenvalue weighted by Gasteiger charge is 2.49. The van der Waals surface area contributed by atoms with E-state index in [1.54, 1.807) is 0 Å². The quantitative estimate of drug-likeness (QED) is 0.773. The first kappa shape index (κ1) is 17.8. The zero-order chi connectivity index (χ0) is 18.0. The Morgan fingerprint density at radius 1 is 1.12 bits per heavy atom. The molecule has 2 unspecified atom stereocenters. The molecule has 5 nitrogen and oxygen atoms in total. The minimum Gasteiger partial charge on any atom is -0.488 e. The first-order valence-electron chi connectivity index (χ1n) is 10.1. The van der Waals surface area contributed by atoms with Crippen LogP contribution < -0.4 is 15.4 Å². The second kappa shape index (κ2) is 7.57. The van der Waals surface area contributed by atoms with Gasteiger partial charge in [0.1, 0.15) is 11.9 Å². The Labute approximate surface area is 155 Å². The Hall–Kier alpha value is -1.59. The van der Waals surface area contributed by atoms with E-state index < -0.39 is 0 Å². The van der Waals surface area contributed by atoms with Crippen LogP contribution >= 0.6 is 0 Å². The summed E-state index contributed by atoms with van der Waals surface area (Å²) in [5, 5.41) is 16.6. The Bertz CT molecular complexity index is 633. The number of anilines is 1. The summed E-state index contributed by atoms with van der Waals surface area (Å²) < 4.78 is 5.94. The zero-order valence-electron chi connectivity index (χ0n) is 15.4. The van der Waals surface area contributed by atoms with Gasteiger partial charge in [-0.3, -0.25) is 4.79 Å². The number of hydrogen-bond acceptors (Lipinski definition) is 4. The molecule has 0 aromatic heterocycles. The summed E-state index contributed by atoms with van der Waals surface area (Å²) >= 11 is 0. The van der Waals surface area contributed by atoms with Crippen molar-refractivity contribution in [3.63, 3.8) is 0 Å². The number of hydrogen-bond donors (Lipinski definition) is 3. The molecule has 1 aliphatic heterocycles. The summed E-state index contributed by atoms with van der Waals surface area (Å²) in [6.07, 6.45) is 7.91. The Morgan fingerprint density at radius 3 is 2.69 bits per heavy atom. The lowest BCUT2D eigenvalue weighted by atomic mass is 9.67. The van der Waals surface area contributed by atoms with Gasteiger partial charge >= 0.3 is 0 Å². The predicted octanol–water partition coefficient (Wildman–Crippen LogP) is 3.09. The summed E-state index contributed by atoms with van der Waals surface area (Å²) in [5.41, 5.74) is 0.580. The molecule has 0 radical (unpaired) electrons. The third kappa shape index (κ3) is 3.47. The van der Waals surface area contributed by atoms with Crippen molar-refractivity contribution in [3.05, 3.63) is 24.3 Å². The number of benzene rings is 1. The van der Waals surface area contributed by atoms with Gasteiger partial charge in [0.15, 0.2) is 0 Å². The summed E-state index contributed by atoms with van der Waals surface area (Å²) in [4.78, 5) is 13.0. The van der Waals surface area contributed by atoms with Crippen molar-refractivity contribution >= 4 is 11.6 Å². The first-order valence-corrected chi connectivity index (χ1v) is 10.1. The molecule has 1 heterocycles. The van der Waals surface area contributed by atoms with Crippen LogP contribution in [0, 0.1) is 11.3 Å². The Morgan fingerprint density at radius 2 is 1.88 bits per heavy atom. The number of rotatable bonds is 4.